The average molecular weight is 682 g/mol. The second-order valence-corrected chi connectivity index (χ2v) is 12.4. The number of sulfonamides is 1. The Morgan fingerprint density at radius 2 is 1.96 bits per heavy atom. The van der Waals surface area contributed by atoms with E-state index in [-0.39, 0.29) is 25.5 Å². The van der Waals surface area contributed by atoms with Crippen molar-refractivity contribution >= 4 is 50.5 Å². The number of pyridine rings is 1. The van der Waals surface area contributed by atoms with Gasteiger partial charge in [0.05, 0.1) is 25.2 Å². The highest BCUT2D eigenvalue weighted by Crippen LogP contribution is 2.30. The number of rotatable bonds is 15. The van der Waals surface area contributed by atoms with Gasteiger partial charge in [0.2, 0.25) is 21.8 Å². The molecule has 254 valence electrons. The minimum Gasteiger partial charge on any atom is -0.472 e. The first-order valence-corrected chi connectivity index (χ1v) is 16.3. The van der Waals surface area contributed by atoms with Gasteiger partial charge in [-0.2, -0.15) is 0 Å². The van der Waals surface area contributed by atoms with Crippen molar-refractivity contribution in [3.63, 3.8) is 0 Å². The highest BCUT2D eigenvalue weighted by Gasteiger charge is 2.44. The monoisotopic (exact) mass is 681 g/mol. The number of allylic oxidation sites excluding steroid dienone is 1. The first-order valence-electron chi connectivity index (χ1n) is 14.8. The van der Waals surface area contributed by atoms with Crippen molar-refractivity contribution in [2.75, 3.05) is 26.8 Å². The molecule has 3 atom stereocenters. The molecule has 0 radical (unpaired) electrons. The van der Waals surface area contributed by atoms with Gasteiger partial charge < -0.3 is 24.4 Å². The van der Waals surface area contributed by atoms with Crippen LogP contribution in [0.2, 0.25) is 0 Å². The fraction of sp³-hybridized carbons (Fsp3) is 0.312. The van der Waals surface area contributed by atoms with Crippen LogP contribution in [0.15, 0.2) is 78.9 Å². The predicted octanol–water partition coefficient (Wildman–Crippen LogP) is 3.35. The van der Waals surface area contributed by atoms with Crippen molar-refractivity contribution in [3.8, 4) is 5.88 Å². The first-order chi connectivity index (χ1) is 23.0. The van der Waals surface area contributed by atoms with Gasteiger partial charge >= 0.3 is 12.1 Å². The van der Waals surface area contributed by atoms with Gasteiger partial charge in [-0.3, -0.25) is 14.9 Å². The molecule has 15 nitrogen and oxygen atoms in total. The van der Waals surface area contributed by atoms with Crippen molar-refractivity contribution in [2.24, 2.45) is 0 Å². The molecule has 2 amide bonds. The Labute approximate surface area is 276 Å². The number of likely N-dealkylation sites (tertiary alicyclic amines) is 1. The summed E-state index contributed by atoms with van der Waals surface area (Å²) in [6, 6.07) is 9.29. The summed E-state index contributed by atoms with van der Waals surface area (Å²) in [5.74, 6) is -1.36. The summed E-state index contributed by atoms with van der Waals surface area (Å²) in [5, 5.41) is 15.4. The molecule has 1 saturated heterocycles. The Hall–Kier alpha value is -5.35. The van der Waals surface area contributed by atoms with Crippen molar-refractivity contribution in [3.05, 3.63) is 89.6 Å². The summed E-state index contributed by atoms with van der Waals surface area (Å²) in [6.07, 6.45) is 4.09. The molecule has 2 aromatic carbocycles. The summed E-state index contributed by atoms with van der Waals surface area (Å²) >= 11 is 0. The molecule has 3 aromatic rings. The minimum atomic E-state index is -4.56. The molecular weight excluding hydrogens is 646 g/mol. The number of aromatic nitrogens is 1. The van der Waals surface area contributed by atoms with Gasteiger partial charge in [0.25, 0.3) is 5.69 Å². The topological polar surface area (TPSA) is 196 Å². The lowest BCUT2D eigenvalue weighted by atomic mass is 10.1. The molecule has 0 unspecified atom stereocenters. The second kappa shape index (κ2) is 16.0. The summed E-state index contributed by atoms with van der Waals surface area (Å²) in [7, 11) is -3.41. The third kappa shape index (κ3) is 8.51. The molecule has 4 rings (SSSR count). The van der Waals surface area contributed by atoms with Gasteiger partial charge in [-0.05, 0) is 42.0 Å². The van der Waals surface area contributed by atoms with Crippen molar-refractivity contribution in [2.45, 2.75) is 42.3 Å². The number of fused-ring (bicyclic) bond motifs is 1. The fourth-order valence-electron chi connectivity index (χ4n) is 5.11. The highest BCUT2D eigenvalue weighted by atomic mass is 32.2. The Morgan fingerprint density at radius 1 is 1.19 bits per heavy atom. The number of benzene rings is 2. The summed E-state index contributed by atoms with van der Waals surface area (Å²) in [4.78, 5) is 55.1. The molecule has 2 N–H and O–H groups in total. The summed E-state index contributed by atoms with van der Waals surface area (Å²) in [6.45, 7) is 6.48. The van der Waals surface area contributed by atoms with Crippen LogP contribution in [-0.2, 0) is 29.1 Å². The van der Waals surface area contributed by atoms with E-state index in [1.54, 1.807) is 24.4 Å². The summed E-state index contributed by atoms with van der Waals surface area (Å²) in [5.41, 5.74) is 0.139. The molecule has 1 fully saturated rings. The lowest BCUT2D eigenvalue weighted by molar-refractivity contribution is -0.387. The maximum absolute atomic E-state index is 14.0. The number of nitro groups is 1. The number of para-hydroxylation sites is 1. The number of unbranched alkanes of at least 4 members (excludes halogenated alkanes) is 1. The maximum Gasteiger partial charge on any atom is 0.407 e. The van der Waals surface area contributed by atoms with E-state index in [2.05, 4.69) is 28.2 Å². The number of carbonyl (C=O) groups excluding carboxylic acids is 3. The van der Waals surface area contributed by atoms with Crippen LogP contribution >= 0.6 is 0 Å². The van der Waals surface area contributed by atoms with Gasteiger partial charge in [0.15, 0.2) is 4.90 Å². The molecule has 0 bridgehead atoms. The van der Waals surface area contributed by atoms with Gasteiger partial charge in [-0.15, -0.1) is 6.58 Å². The predicted molar refractivity (Wildman–Crippen MR) is 174 cm³/mol. The Bertz CT molecular complexity index is 1820. The molecular formula is C32H35N5O10S. The number of nitro benzene ring substituents is 1. The van der Waals surface area contributed by atoms with Crippen LogP contribution in [0.25, 0.3) is 16.8 Å². The van der Waals surface area contributed by atoms with Crippen LogP contribution in [0.5, 0.6) is 5.88 Å². The van der Waals surface area contributed by atoms with E-state index in [1.807, 2.05) is 18.2 Å². The standard InChI is InChI=1S/C32H35N5O10S/c1-4-6-9-16-46-32(40)35-25(19-34-48(43,44)28-11-8-7-10-26(28)37(41)42)30(38)36-20-23(18-27(36)31(39)45-3)47-29-24-17-21(5-2)12-13-22(24)14-15-33-29/h4-5,7-8,10-15,17,23,25,27,34H,1-2,6,9,16,18-20H2,3H3,(H,35,40)/t23-,25+,27+/m1/s1. The zero-order valence-corrected chi connectivity index (χ0v) is 26.9. The fourth-order valence-corrected chi connectivity index (χ4v) is 6.32. The first kappa shape index (κ1) is 35.5. The van der Waals surface area contributed by atoms with E-state index in [1.165, 1.54) is 12.1 Å². The summed E-state index contributed by atoms with van der Waals surface area (Å²) < 4.78 is 44.8. The zero-order valence-electron chi connectivity index (χ0n) is 26.1. The SMILES string of the molecule is C=CCCCOC(=O)N[C@@H](CNS(=O)(=O)c1ccccc1[N+](=O)[O-])C(=O)N1C[C@H](Oc2nccc3ccc(C=C)cc23)C[C@H]1C(=O)OC. The number of hydrogen-bond donors (Lipinski definition) is 2. The van der Waals surface area contributed by atoms with E-state index in [9.17, 15) is 32.9 Å². The molecule has 1 aliphatic heterocycles. The van der Waals surface area contributed by atoms with Crippen LogP contribution < -0.4 is 14.8 Å². The van der Waals surface area contributed by atoms with Gasteiger partial charge in [-0.1, -0.05) is 43.0 Å². The van der Waals surface area contributed by atoms with Crippen molar-refractivity contribution in [1.29, 1.82) is 0 Å². The average Bonchev–Trinajstić information content (AvgIpc) is 3.51. The molecule has 0 spiro atoms. The highest BCUT2D eigenvalue weighted by molar-refractivity contribution is 7.89. The van der Waals surface area contributed by atoms with E-state index < -0.39 is 68.2 Å². The number of ether oxygens (including phenoxy) is 3. The van der Waals surface area contributed by atoms with Crippen molar-refractivity contribution < 1.29 is 41.9 Å². The molecule has 48 heavy (non-hydrogen) atoms. The number of hydrogen-bond acceptors (Lipinski definition) is 11. The van der Waals surface area contributed by atoms with Gasteiger partial charge in [-0.25, -0.2) is 27.7 Å². The van der Waals surface area contributed by atoms with Crippen LogP contribution in [0.4, 0.5) is 10.5 Å². The molecule has 16 heteroatoms. The number of amides is 2. The smallest absolute Gasteiger partial charge is 0.407 e. The lowest BCUT2D eigenvalue weighted by Gasteiger charge is -2.27. The van der Waals surface area contributed by atoms with Gasteiger partial charge in [0, 0.05) is 30.6 Å². The van der Waals surface area contributed by atoms with Crippen LogP contribution in [0, 0.1) is 10.1 Å². The Balaban J connectivity index is 1.60. The second-order valence-electron chi connectivity index (χ2n) is 10.6. The van der Waals surface area contributed by atoms with E-state index >= 15 is 0 Å². The number of nitrogens with zero attached hydrogens (tertiary/aromatic N) is 3. The molecule has 1 aliphatic rings. The number of esters is 1. The van der Waals surface area contributed by atoms with E-state index in [0.717, 1.165) is 35.1 Å². The molecule has 0 saturated carbocycles. The number of alkyl carbamates (subject to hydrolysis) is 1. The van der Waals surface area contributed by atoms with Crippen LogP contribution in [0.3, 0.4) is 0 Å². The zero-order chi connectivity index (χ0) is 34.8. The number of carbonyl (C=O) groups is 3. The Kier molecular flexibility index (Phi) is 11.8. The molecule has 0 aliphatic carbocycles. The minimum absolute atomic E-state index is 0.00170. The van der Waals surface area contributed by atoms with E-state index in [0.29, 0.717) is 18.2 Å². The van der Waals surface area contributed by atoms with E-state index in [4.69, 9.17) is 14.2 Å². The third-order valence-electron chi connectivity index (χ3n) is 7.49. The Morgan fingerprint density at radius 3 is 2.67 bits per heavy atom. The number of methoxy groups -OCH3 is 1. The third-order valence-corrected chi connectivity index (χ3v) is 8.96. The maximum atomic E-state index is 14.0. The molecule has 2 heterocycles. The normalized spacial score (nSPS) is 16.5. The van der Waals surface area contributed by atoms with Crippen molar-refractivity contribution in [1.82, 2.24) is 19.9 Å². The van der Waals surface area contributed by atoms with Crippen LogP contribution in [0.1, 0.15) is 24.8 Å². The quantitative estimate of drug-likeness (QED) is 0.0785. The number of nitrogens with one attached hydrogen (secondary N) is 2. The lowest BCUT2D eigenvalue weighted by Crippen LogP contribution is -2.56. The molecule has 1 aromatic heterocycles. The van der Waals surface area contributed by atoms with Crippen LogP contribution in [-0.4, -0.2) is 86.2 Å². The largest absolute Gasteiger partial charge is 0.472 e. The van der Waals surface area contributed by atoms with Gasteiger partial charge in [0.1, 0.15) is 18.2 Å².